The number of urea groups is 1. The molecule has 1 rings (SSSR count). The summed E-state index contributed by atoms with van der Waals surface area (Å²) in [5, 5.41) is 8.88. The third-order valence-electron chi connectivity index (χ3n) is 3.73. The van der Waals surface area contributed by atoms with Gasteiger partial charge < -0.3 is 10.0 Å². The number of nitrogens with zero attached hydrogens (tertiary/aromatic N) is 2. The van der Waals surface area contributed by atoms with Crippen molar-refractivity contribution in [3.05, 3.63) is 30.3 Å². The zero-order chi connectivity index (χ0) is 16.0. The normalized spacial score (nSPS) is 12.0. The smallest absolute Gasteiger partial charge is 0.324 e. The molecule has 1 N–H and O–H groups in total. The van der Waals surface area contributed by atoms with E-state index in [1.54, 1.807) is 11.9 Å². The maximum atomic E-state index is 12.7. The van der Waals surface area contributed by atoms with Crippen LogP contribution in [0.4, 0.5) is 10.5 Å². The molecule has 1 aromatic carbocycles. The average molecular weight is 292 g/mol. The minimum atomic E-state index is -0.914. The molecular weight excluding hydrogens is 268 g/mol. The van der Waals surface area contributed by atoms with Crippen molar-refractivity contribution in [1.82, 2.24) is 4.90 Å². The van der Waals surface area contributed by atoms with Crippen LogP contribution in [0, 0.1) is 5.92 Å². The van der Waals surface area contributed by atoms with Crippen molar-refractivity contribution in [1.29, 1.82) is 0 Å². The fraction of sp³-hybridized carbons (Fsp3) is 0.500. The molecule has 1 atom stereocenters. The summed E-state index contributed by atoms with van der Waals surface area (Å²) in [6.45, 7) is 6.26. The van der Waals surface area contributed by atoms with E-state index in [1.807, 2.05) is 37.3 Å². The zero-order valence-corrected chi connectivity index (χ0v) is 13.1. The SMILES string of the molecule is CC(C)C(C)N(C)C(=O)N(CCC(=O)O)c1ccccc1. The van der Waals surface area contributed by atoms with E-state index in [1.165, 1.54) is 4.90 Å². The number of hydrogen-bond acceptors (Lipinski definition) is 2. The topological polar surface area (TPSA) is 60.9 Å². The van der Waals surface area contributed by atoms with Gasteiger partial charge in [0.2, 0.25) is 0 Å². The van der Waals surface area contributed by atoms with Gasteiger partial charge in [0.05, 0.1) is 6.42 Å². The second kappa shape index (κ2) is 7.67. The number of carbonyl (C=O) groups is 2. The predicted molar refractivity (Wildman–Crippen MR) is 83.5 cm³/mol. The summed E-state index contributed by atoms with van der Waals surface area (Å²) >= 11 is 0. The second-order valence-corrected chi connectivity index (χ2v) is 5.51. The number of hydrogen-bond donors (Lipinski definition) is 1. The van der Waals surface area contributed by atoms with Gasteiger partial charge in [-0.05, 0) is 25.0 Å². The molecule has 0 radical (unpaired) electrons. The van der Waals surface area contributed by atoms with E-state index in [4.69, 9.17) is 5.11 Å². The number of aliphatic carboxylic acids is 1. The van der Waals surface area contributed by atoms with Gasteiger partial charge in [0, 0.05) is 25.3 Å². The third-order valence-corrected chi connectivity index (χ3v) is 3.73. The summed E-state index contributed by atoms with van der Waals surface area (Å²) in [6.07, 6.45) is -0.0788. The summed E-state index contributed by atoms with van der Waals surface area (Å²) in [7, 11) is 1.75. The molecule has 21 heavy (non-hydrogen) atoms. The fourth-order valence-electron chi connectivity index (χ4n) is 1.96. The molecule has 2 amide bonds. The maximum Gasteiger partial charge on any atom is 0.324 e. The van der Waals surface area contributed by atoms with Crippen molar-refractivity contribution in [2.75, 3.05) is 18.5 Å². The Balaban J connectivity index is 2.95. The molecule has 0 saturated carbocycles. The fourth-order valence-corrected chi connectivity index (χ4v) is 1.96. The van der Waals surface area contributed by atoms with E-state index in [0.29, 0.717) is 11.6 Å². The summed E-state index contributed by atoms with van der Waals surface area (Å²) in [4.78, 5) is 26.7. The van der Waals surface area contributed by atoms with Crippen LogP contribution in [-0.4, -0.2) is 41.6 Å². The highest BCUT2D eigenvalue weighted by molar-refractivity contribution is 5.92. The number of carboxylic acid groups (broad SMARTS) is 1. The first-order valence-corrected chi connectivity index (χ1v) is 7.15. The number of benzene rings is 1. The van der Waals surface area contributed by atoms with Gasteiger partial charge in [0.1, 0.15) is 0 Å². The van der Waals surface area contributed by atoms with Gasteiger partial charge in [-0.1, -0.05) is 32.0 Å². The van der Waals surface area contributed by atoms with Crippen LogP contribution < -0.4 is 4.90 Å². The van der Waals surface area contributed by atoms with Crippen molar-refractivity contribution in [2.45, 2.75) is 33.2 Å². The average Bonchev–Trinajstić information content (AvgIpc) is 2.46. The van der Waals surface area contributed by atoms with Crippen LogP contribution in [0.5, 0.6) is 0 Å². The minimum absolute atomic E-state index is 0.0774. The Labute approximate surface area is 126 Å². The second-order valence-electron chi connectivity index (χ2n) is 5.51. The van der Waals surface area contributed by atoms with E-state index in [9.17, 15) is 9.59 Å². The number of amides is 2. The van der Waals surface area contributed by atoms with Crippen molar-refractivity contribution in [2.24, 2.45) is 5.92 Å². The Kier molecular flexibility index (Phi) is 6.21. The van der Waals surface area contributed by atoms with Crippen molar-refractivity contribution < 1.29 is 14.7 Å². The number of anilines is 1. The lowest BCUT2D eigenvalue weighted by molar-refractivity contribution is -0.136. The molecule has 1 aromatic rings. The molecule has 5 heteroatoms. The van der Waals surface area contributed by atoms with Crippen molar-refractivity contribution >= 4 is 17.7 Å². The van der Waals surface area contributed by atoms with Crippen LogP contribution >= 0.6 is 0 Å². The summed E-state index contributed by atoms with van der Waals surface area (Å²) < 4.78 is 0. The van der Waals surface area contributed by atoms with Gasteiger partial charge in [-0.25, -0.2) is 4.79 Å². The largest absolute Gasteiger partial charge is 0.481 e. The molecule has 0 spiro atoms. The van der Waals surface area contributed by atoms with Crippen LogP contribution in [0.1, 0.15) is 27.2 Å². The number of para-hydroxylation sites is 1. The molecule has 0 aliphatic heterocycles. The Bertz CT molecular complexity index is 474. The third kappa shape index (κ3) is 4.77. The first kappa shape index (κ1) is 17.0. The molecule has 0 aliphatic carbocycles. The monoisotopic (exact) mass is 292 g/mol. The lowest BCUT2D eigenvalue weighted by Gasteiger charge is -2.33. The van der Waals surface area contributed by atoms with Gasteiger partial charge >= 0.3 is 12.0 Å². The van der Waals surface area contributed by atoms with Crippen LogP contribution in [0.3, 0.4) is 0 Å². The number of carboxylic acids is 1. The van der Waals surface area contributed by atoms with Gasteiger partial charge in [-0.2, -0.15) is 0 Å². The number of carbonyl (C=O) groups excluding carboxylic acids is 1. The van der Waals surface area contributed by atoms with E-state index in [2.05, 4.69) is 13.8 Å². The molecule has 1 unspecified atom stereocenters. The van der Waals surface area contributed by atoms with Gasteiger partial charge in [-0.15, -0.1) is 0 Å². The van der Waals surface area contributed by atoms with E-state index in [-0.39, 0.29) is 25.0 Å². The highest BCUT2D eigenvalue weighted by atomic mass is 16.4. The molecule has 0 bridgehead atoms. The predicted octanol–water partition coefficient (Wildman–Crippen LogP) is 3.06. The lowest BCUT2D eigenvalue weighted by Crippen LogP contribution is -2.47. The molecule has 0 aliphatic rings. The molecular formula is C16H24N2O3. The van der Waals surface area contributed by atoms with Crippen molar-refractivity contribution in [3.63, 3.8) is 0 Å². The minimum Gasteiger partial charge on any atom is -0.481 e. The Morgan fingerprint density at radius 2 is 1.71 bits per heavy atom. The first-order valence-electron chi connectivity index (χ1n) is 7.15. The highest BCUT2D eigenvalue weighted by Gasteiger charge is 2.25. The first-order chi connectivity index (χ1) is 9.84. The van der Waals surface area contributed by atoms with E-state index < -0.39 is 5.97 Å². The van der Waals surface area contributed by atoms with Gasteiger partial charge in [0.25, 0.3) is 0 Å². The van der Waals surface area contributed by atoms with E-state index in [0.717, 1.165) is 0 Å². The molecule has 0 fully saturated rings. The van der Waals surface area contributed by atoms with E-state index >= 15 is 0 Å². The highest BCUT2D eigenvalue weighted by Crippen LogP contribution is 2.18. The Morgan fingerprint density at radius 1 is 1.14 bits per heavy atom. The molecule has 5 nitrogen and oxygen atoms in total. The standard InChI is InChI=1S/C16H24N2O3/c1-12(2)13(3)17(4)16(21)18(11-10-15(19)20)14-8-6-5-7-9-14/h5-9,12-13H,10-11H2,1-4H3,(H,19,20). The summed E-state index contributed by atoms with van der Waals surface area (Å²) in [6, 6.07) is 9.06. The summed E-state index contributed by atoms with van der Waals surface area (Å²) in [5.41, 5.74) is 0.714. The quantitative estimate of drug-likeness (QED) is 0.876. The molecule has 0 aromatic heterocycles. The maximum absolute atomic E-state index is 12.7. The van der Waals surface area contributed by atoms with Crippen LogP contribution in [0.15, 0.2) is 30.3 Å². The Morgan fingerprint density at radius 3 is 2.19 bits per heavy atom. The van der Waals surface area contributed by atoms with Crippen LogP contribution in [0.25, 0.3) is 0 Å². The van der Waals surface area contributed by atoms with Crippen LogP contribution in [0.2, 0.25) is 0 Å². The lowest BCUT2D eigenvalue weighted by atomic mass is 10.1. The summed E-state index contributed by atoms with van der Waals surface area (Å²) in [5.74, 6) is -0.584. The molecule has 116 valence electrons. The van der Waals surface area contributed by atoms with Crippen LogP contribution in [-0.2, 0) is 4.79 Å². The molecule has 0 saturated heterocycles. The van der Waals surface area contributed by atoms with Crippen molar-refractivity contribution in [3.8, 4) is 0 Å². The van der Waals surface area contributed by atoms with Gasteiger partial charge in [-0.3, -0.25) is 9.69 Å². The molecule has 0 heterocycles. The Hall–Kier alpha value is -2.04. The van der Waals surface area contributed by atoms with Gasteiger partial charge in [0.15, 0.2) is 0 Å². The zero-order valence-electron chi connectivity index (χ0n) is 13.1. The number of rotatable bonds is 6.